The number of hydrogen-bond acceptors (Lipinski definition) is 3. The van der Waals surface area contributed by atoms with E-state index in [1.165, 1.54) is 0 Å². The van der Waals surface area contributed by atoms with Crippen molar-refractivity contribution in [2.75, 3.05) is 30.8 Å². The largest absolute Gasteiger partial charge is 0.490 e. The maximum absolute atomic E-state index is 6.10. The van der Waals surface area contributed by atoms with Gasteiger partial charge in [0.2, 0.25) is 0 Å². The van der Waals surface area contributed by atoms with Crippen LogP contribution in [-0.4, -0.2) is 20.2 Å². The molecule has 0 aromatic heterocycles. The highest BCUT2D eigenvalue weighted by Crippen LogP contribution is 2.25. The molecule has 0 heterocycles. The smallest absolute Gasteiger partial charge is 0.138 e. The van der Waals surface area contributed by atoms with Gasteiger partial charge in [-0.3, -0.25) is 0 Å². The molecule has 0 aliphatic carbocycles. The van der Waals surface area contributed by atoms with Gasteiger partial charge in [-0.25, -0.2) is 0 Å². The number of nitrogens with two attached hydrogens (primary N) is 1. The second-order valence-electron chi connectivity index (χ2n) is 4.76. The Balaban J connectivity index is 1.93. The summed E-state index contributed by atoms with van der Waals surface area (Å²) in [5, 5.41) is 0.637. The number of anilines is 2. The molecule has 0 aliphatic heterocycles. The van der Waals surface area contributed by atoms with E-state index in [0.717, 1.165) is 29.2 Å². The number of aryl methyl sites for hydroxylation is 1. The normalized spacial score (nSPS) is 10.3. The van der Waals surface area contributed by atoms with E-state index < -0.39 is 0 Å². The number of nitrogens with zero attached hydrogens (tertiary/aromatic N) is 1. The molecule has 2 aromatic carbocycles. The number of likely N-dealkylation sites (N-methyl/N-ethyl adjacent to an activating group) is 1. The summed E-state index contributed by atoms with van der Waals surface area (Å²) in [6.45, 7) is 3.30. The fraction of sp³-hybridized carbons (Fsp3) is 0.250. The van der Waals surface area contributed by atoms with Crippen molar-refractivity contribution in [3.63, 3.8) is 0 Å². The molecule has 4 heteroatoms. The number of benzene rings is 2. The number of hydrogen-bond donors (Lipinski definition) is 1. The lowest BCUT2D eigenvalue weighted by Crippen LogP contribution is -2.24. The number of nitrogen functional groups attached to an aromatic ring is 1. The molecule has 3 nitrogen and oxygen atoms in total. The Hall–Kier alpha value is -1.87. The molecule has 2 rings (SSSR count). The maximum atomic E-state index is 6.10. The molecule has 106 valence electrons. The molecule has 0 unspecified atom stereocenters. The molecule has 2 aromatic rings. The molecule has 0 spiro atoms. The molecular weight excluding hydrogens is 272 g/mol. The maximum Gasteiger partial charge on any atom is 0.138 e. The quantitative estimate of drug-likeness (QED) is 0.853. The first-order chi connectivity index (χ1) is 9.58. The number of rotatable bonds is 5. The van der Waals surface area contributed by atoms with Crippen LogP contribution in [0.3, 0.4) is 0 Å². The average Bonchev–Trinajstić information content (AvgIpc) is 2.43. The zero-order chi connectivity index (χ0) is 14.5. The van der Waals surface area contributed by atoms with Crippen molar-refractivity contribution < 1.29 is 4.74 Å². The lowest BCUT2D eigenvalue weighted by atomic mass is 10.2. The zero-order valence-corrected chi connectivity index (χ0v) is 12.5. The van der Waals surface area contributed by atoms with Gasteiger partial charge in [0, 0.05) is 7.05 Å². The van der Waals surface area contributed by atoms with E-state index in [4.69, 9.17) is 22.1 Å². The first kappa shape index (κ1) is 14.5. The van der Waals surface area contributed by atoms with Crippen LogP contribution in [0.4, 0.5) is 11.4 Å². The van der Waals surface area contributed by atoms with Crippen molar-refractivity contribution >= 4 is 23.0 Å². The minimum Gasteiger partial charge on any atom is -0.490 e. The number of ether oxygens (including phenoxy) is 1. The van der Waals surface area contributed by atoms with Gasteiger partial charge in [-0.15, -0.1) is 0 Å². The van der Waals surface area contributed by atoms with Gasteiger partial charge in [0.1, 0.15) is 12.4 Å². The summed E-state index contributed by atoms with van der Waals surface area (Å²) in [5.41, 5.74) is 8.85. The van der Waals surface area contributed by atoms with Crippen LogP contribution in [0, 0.1) is 6.92 Å². The van der Waals surface area contributed by atoms with Crippen LogP contribution in [-0.2, 0) is 0 Å². The summed E-state index contributed by atoms with van der Waals surface area (Å²) in [7, 11) is 1.99. The average molecular weight is 291 g/mol. The highest BCUT2D eigenvalue weighted by molar-refractivity contribution is 6.32. The van der Waals surface area contributed by atoms with E-state index >= 15 is 0 Å². The summed E-state index contributed by atoms with van der Waals surface area (Å²) in [4.78, 5) is 2.07. The first-order valence-corrected chi connectivity index (χ1v) is 6.90. The van der Waals surface area contributed by atoms with E-state index in [-0.39, 0.29) is 0 Å². The van der Waals surface area contributed by atoms with Crippen LogP contribution in [0.15, 0.2) is 42.5 Å². The molecular formula is C16H19ClN2O. The van der Waals surface area contributed by atoms with E-state index in [0.29, 0.717) is 11.6 Å². The molecule has 0 bridgehead atoms. The standard InChI is InChI=1S/C16H19ClN2O/c1-12-7-8-13(17)16(11-12)20-10-9-19(2)15-6-4-3-5-14(15)18/h3-8,11H,9-10,18H2,1-2H3. The minimum absolute atomic E-state index is 0.550. The molecule has 0 radical (unpaired) electrons. The molecule has 0 atom stereocenters. The van der Waals surface area contributed by atoms with Gasteiger partial charge in [-0.2, -0.15) is 0 Å². The van der Waals surface area contributed by atoms with Crippen LogP contribution < -0.4 is 15.4 Å². The Kier molecular flexibility index (Phi) is 4.74. The van der Waals surface area contributed by atoms with Gasteiger partial charge in [0.15, 0.2) is 0 Å². The van der Waals surface area contributed by atoms with Crippen LogP contribution in [0.25, 0.3) is 0 Å². The second kappa shape index (κ2) is 6.53. The Morgan fingerprint density at radius 3 is 2.70 bits per heavy atom. The first-order valence-electron chi connectivity index (χ1n) is 6.52. The third kappa shape index (κ3) is 3.58. The lowest BCUT2D eigenvalue weighted by Gasteiger charge is -2.21. The summed E-state index contributed by atoms with van der Waals surface area (Å²) < 4.78 is 5.74. The van der Waals surface area contributed by atoms with Crippen molar-refractivity contribution in [2.24, 2.45) is 0 Å². The van der Waals surface area contributed by atoms with Crippen molar-refractivity contribution in [3.05, 3.63) is 53.1 Å². The monoisotopic (exact) mass is 290 g/mol. The molecule has 0 saturated heterocycles. The Morgan fingerprint density at radius 2 is 1.95 bits per heavy atom. The van der Waals surface area contributed by atoms with Gasteiger partial charge < -0.3 is 15.4 Å². The highest BCUT2D eigenvalue weighted by atomic mass is 35.5. The third-order valence-corrected chi connectivity index (χ3v) is 3.43. The van der Waals surface area contributed by atoms with E-state index in [1.54, 1.807) is 0 Å². The van der Waals surface area contributed by atoms with Gasteiger partial charge in [-0.05, 0) is 36.8 Å². The van der Waals surface area contributed by atoms with Crippen LogP contribution in [0.5, 0.6) is 5.75 Å². The second-order valence-corrected chi connectivity index (χ2v) is 5.17. The van der Waals surface area contributed by atoms with Gasteiger partial charge in [0.25, 0.3) is 0 Å². The Morgan fingerprint density at radius 1 is 1.20 bits per heavy atom. The predicted octanol–water partition coefficient (Wildman–Crippen LogP) is 3.75. The summed E-state index contributed by atoms with van der Waals surface area (Å²) in [6.07, 6.45) is 0. The molecule has 20 heavy (non-hydrogen) atoms. The van der Waals surface area contributed by atoms with Gasteiger partial charge in [0.05, 0.1) is 22.9 Å². The summed E-state index contributed by atoms with van der Waals surface area (Å²) >= 11 is 6.10. The van der Waals surface area contributed by atoms with Crippen molar-refractivity contribution in [1.29, 1.82) is 0 Å². The molecule has 0 saturated carbocycles. The summed E-state index contributed by atoms with van der Waals surface area (Å²) in [6, 6.07) is 13.5. The third-order valence-electron chi connectivity index (χ3n) is 3.12. The molecule has 0 fully saturated rings. The Bertz CT molecular complexity index is 586. The molecule has 0 amide bonds. The highest BCUT2D eigenvalue weighted by Gasteiger charge is 2.06. The van der Waals surface area contributed by atoms with Crippen LogP contribution in [0.1, 0.15) is 5.56 Å². The lowest BCUT2D eigenvalue weighted by molar-refractivity contribution is 0.326. The van der Waals surface area contributed by atoms with Gasteiger partial charge >= 0.3 is 0 Å². The SMILES string of the molecule is Cc1ccc(Cl)c(OCCN(C)c2ccccc2N)c1. The fourth-order valence-corrected chi connectivity index (χ4v) is 2.14. The predicted molar refractivity (Wildman–Crippen MR) is 85.8 cm³/mol. The van der Waals surface area contributed by atoms with Crippen LogP contribution >= 0.6 is 11.6 Å². The van der Waals surface area contributed by atoms with E-state index in [1.807, 2.05) is 56.4 Å². The fourth-order valence-electron chi connectivity index (χ4n) is 1.97. The van der Waals surface area contributed by atoms with Crippen LogP contribution in [0.2, 0.25) is 5.02 Å². The van der Waals surface area contributed by atoms with Crippen molar-refractivity contribution in [1.82, 2.24) is 0 Å². The summed E-state index contributed by atoms with van der Waals surface area (Å²) in [5.74, 6) is 0.723. The number of para-hydroxylation sites is 2. The van der Waals surface area contributed by atoms with Crippen molar-refractivity contribution in [3.8, 4) is 5.75 Å². The van der Waals surface area contributed by atoms with Gasteiger partial charge in [-0.1, -0.05) is 29.8 Å². The zero-order valence-electron chi connectivity index (χ0n) is 11.8. The van der Waals surface area contributed by atoms with E-state index in [2.05, 4.69) is 4.90 Å². The topological polar surface area (TPSA) is 38.5 Å². The van der Waals surface area contributed by atoms with E-state index in [9.17, 15) is 0 Å². The minimum atomic E-state index is 0.550. The molecule has 0 aliphatic rings. The number of halogens is 1. The molecule has 2 N–H and O–H groups in total. The Labute approximate surface area is 124 Å². The van der Waals surface area contributed by atoms with Crippen molar-refractivity contribution in [2.45, 2.75) is 6.92 Å².